The molecule has 38 heavy (non-hydrogen) atoms. The van der Waals surface area contributed by atoms with E-state index in [0.29, 0.717) is 48.3 Å². The second-order valence-electron chi connectivity index (χ2n) is 10.7. The first kappa shape index (κ1) is 26.6. The monoisotopic (exact) mass is 538 g/mol. The highest BCUT2D eigenvalue weighted by atomic mass is 35.5. The maximum atomic E-state index is 14.2. The Balaban J connectivity index is 1.38. The number of nitrogens with two attached hydrogens (primary N) is 1. The Morgan fingerprint density at radius 3 is 2.58 bits per heavy atom. The van der Waals surface area contributed by atoms with Crippen LogP contribution in [0.1, 0.15) is 56.6 Å². The molecule has 1 saturated carbocycles. The first-order valence-corrected chi connectivity index (χ1v) is 13.7. The summed E-state index contributed by atoms with van der Waals surface area (Å²) in [5.41, 5.74) is 8.12. The summed E-state index contributed by atoms with van der Waals surface area (Å²) < 4.78 is 34.8. The summed E-state index contributed by atoms with van der Waals surface area (Å²) in [7, 11) is 0. The lowest BCUT2D eigenvalue weighted by molar-refractivity contribution is 0.0265. The quantitative estimate of drug-likeness (QED) is 0.326. The molecular weight excluding hydrogens is 506 g/mol. The van der Waals surface area contributed by atoms with E-state index in [-0.39, 0.29) is 35.5 Å². The molecule has 5 rings (SSSR count). The molecule has 0 saturated heterocycles. The maximum absolute atomic E-state index is 14.2. The van der Waals surface area contributed by atoms with Gasteiger partial charge in [0.25, 0.3) is 5.56 Å². The molecule has 1 heterocycles. The number of halogens is 3. The van der Waals surface area contributed by atoms with Crippen LogP contribution >= 0.6 is 11.6 Å². The van der Waals surface area contributed by atoms with Gasteiger partial charge in [-0.2, -0.15) is 0 Å². The van der Waals surface area contributed by atoms with Crippen molar-refractivity contribution in [2.75, 3.05) is 0 Å². The fraction of sp³-hybridized carbons (Fsp3) is 0.387. The normalized spacial score (nSPS) is 24.6. The van der Waals surface area contributed by atoms with E-state index in [2.05, 4.69) is 17.1 Å². The van der Waals surface area contributed by atoms with Crippen molar-refractivity contribution < 1.29 is 13.5 Å². The van der Waals surface area contributed by atoms with Crippen molar-refractivity contribution in [1.82, 2.24) is 4.98 Å². The molecule has 200 valence electrons. The highest BCUT2D eigenvalue weighted by Gasteiger charge is 2.46. The number of aromatic nitrogens is 1. The Morgan fingerprint density at radius 1 is 1.16 bits per heavy atom. The summed E-state index contributed by atoms with van der Waals surface area (Å²) >= 11 is 6.59. The van der Waals surface area contributed by atoms with Crippen molar-refractivity contribution in [2.24, 2.45) is 17.1 Å². The van der Waals surface area contributed by atoms with Crippen LogP contribution in [0.2, 0.25) is 5.02 Å². The molecule has 1 fully saturated rings. The Labute approximate surface area is 226 Å². The van der Waals surface area contributed by atoms with Gasteiger partial charge in [-0.25, -0.2) is 8.78 Å². The first-order valence-electron chi connectivity index (χ1n) is 13.3. The fourth-order valence-corrected chi connectivity index (χ4v) is 6.51. The van der Waals surface area contributed by atoms with Gasteiger partial charge in [0.2, 0.25) is 0 Å². The van der Waals surface area contributed by atoms with E-state index in [1.54, 1.807) is 18.3 Å². The molecule has 2 atom stereocenters. The van der Waals surface area contributed by atoms with Crippen molar-refractivity contribution in [3.05, 3.63) is 99.0 Å². The lowest BCUT2D eigenvalue weighted by Crippen LogP contribution is -2.50. The molecule has 0 amide bonds. The predicted molar refractivity (Wildman–Crippen MR) is 149 cm³/mol. The number of aromatic amines is 1. The molecule has 0 radical (unpaired) electrons. The van der Waals surface area contributed by atoms with Crippen LogP contribution in [0.5, 0.6) is 5.75 Å². The van der Waals surface area contributed by atoms with E-state index in [0.717, 1.165) is 29.0 Å². The van der Waals surface area contributed by atoms with Crippen molar-refractivity contribution in [3.8, 4) is 5.75 Å². The molecule has 3 aromatic rings. The van der Waals surface area contributed by atoms with E-state index >= 15 is 0 Å². The number of H-pyrrole nitrogens is 1. The average Bonchev–Trinajstić information content (AvgIpc) is 2.91. The number of hydrogen-bond acceptors (Lipinski definition) is 3. The van der Waals surface area contributed by atoms with Gasteiger partial charge in [0.1, 0.15) is 17.4 Å². The molecule has 2 aromatic carbocycles. The Hall–Kier alpha value is -2.96. The molecule has 2 aliphatic carbocycles. The number of rotatable bonds is 7. The van der Waals surface area contributed by atoms with E-state index in [9.17, 15) is 13.6 Å². The van der Waals surface area contributed by atoms with Crippen molar-refractivity contribution >= 4 is 22.4 Å². The third-order valence-electron chi connectivity index (χ3n) is 8.42. The van der Waals surface area contributed by atoms with Gasteiger partial charge in [-0.3, -0.25) is 4.79 Å². The van der Waals surface area contributed by atoms with Crippen molar-refractivity contribution in [2.45, 2.75) is 64.0 Å². The lowest BCUT2D eigenvalue weighted by Gasteiger charge is -2.48. The van der Waals surface area contributed by atoms with Crippen molar-refractivity contribution in [1.29, 1.82) is 0 Å². The highest BCUT2D eigenvalue weighted by molar-refractivity contribution is 6.32. The smallest absolute Gasteiger partial charge is 0.255 e. The van der Waals surface area contributed by atoms with Gasteiger partial charge in [0, 0.05) is 30.1 Å². The zero-order valence-electron chi connectivity index (χ0n) is 21.5. The number of allylic oxidation sites excluding steroid dienone is 4. The highest BCUT2D eigenvalue weighted by Crippen LogP contribution is 2.51. The Kier molecular flexibility index (Phi) is 7.73. The van der Waals surface area contributed by atoms with Crippen LogP contribution in [0.4, 0.5) is 8.78 Å². The number of nitrogens with one attached hydrogen (secondary N) is 1. The summed E-state index contributed by atoms with van der Waals surface area (Å²) in [4.78, 5) is 15.4. The third kappa shape index (κ3) is 5.29. The number of pyridine rings is 1. The zero-order chi connectivity index (χ0) is 26.9. The Morgan fingerprint density at radius 2 is 1.89 bits per heavy atom. The summed E-state index contributed by atoms with van der Waals surface area (Å²) in [6.45, 7) is 2.02. The minimum atomic E-state index is -0.524. The van der Waals surface area contributed by atoms with Gasteiger partial charge >= 0.3 is 0 Å². The van der Waals surface area contributed by atoms with Gasteiger partial charge in [0.15, 0.2) is 0 Å². The fourth-order valence-electron chi connectivity index (χ4n) is 6.30. The predicted octanol–water partition coefficient (Wildman–Crippen LogP) is 7.54. The summed E-state index contributed by atoms with van der Waals surface area (Å²) in [5, 5.41) is 1.71. The topological polar surface area (TPSA) is 68.1 Å². The van der Waals surface area contributed by atoms with Crippen LogP contribution in [0.25, 0.3) is 10.8 Å². The summed E-state index contributed by atoms with van der Waals surface area (Å²) in [6.07, 6.45) is 8.54. The molecule has 4 nitrogen and oxygen atoms in total. The number of benzene rings is 2. The first-order chi connectivity index (χ1) is 18.3. The largest absolute Gasteiger partial charge is 0.489 e. The van der Waals surface area contributed by atoms with E-state index in [1.165, 1.54) is 0 Å². The molecule has 0 bridgehead atoms. The van der Waals surface area contributed by atoms with Crippen LogP contribution in [0.15, 0.2) is 77.3 Å². The molecule has 2 unspecified atom stereocenters. The molecule has 0 aliphatic heterocycles. The molecule has 1 aromatic heterocycles. The van der Waals surface area contributed by atoms with E-state index < -0.39 is 11.7 Å². The second kappa shape index (κ2) is 11.0. The lowest BCUT2D eigenvalue weighted by atomic mass is 9.59. The van der Waals surface area contributed by atoms with E-state index in [4.69, 9.17) is 22.1 Å². The van der Waals surface area contributed by atoms with Gasteiger partial charge in [-0.15, -0.1) is 0 Å². The van der Waals surface area contributed by atoms with Crippen LogP contribution in [0, 0.1) is 11.3 Å². The molecular formula is C31H33ClF2N2O2. The second-order valence-corrected chi connectivity index (χ2v) is 11.1. The van der Waals surface area contributed by atoms with Crippen LogP contribution in [-0.2, 0) is 6.42 Å². The SMILES string of the molecule is CCC(N)C1(C2C=C(F)C=C(F)C2)CCC(Oc2cc3c(Cc4ccccc4)c[nH]c(=O)c3cc2Cl)CC1. The average molecular weight is 539 g/mol. The number of hydrogen-bond donors (Lipinski definition) is 2. The standard InChI is InChI=1S/C31H33ClF2N2O2/c1-2-29(35)31(21-13-22(33)15-23(34)14-21)10-8-24(9-11-31)38-28-17-25-20(12-19-6-4-3-5-7-19)18-36-30(37)26(25)16-27(28)32/h3-7,13,15-18,21,24,29H,2,8-12,14,35H2,1H3,(H,36,37). The van der Waals surface area contributed by atoms with Gasteiger partial charge in [0.05, 0.1) is 11.1 Å². The van der Waals surface area contributed by atoms with Crippen LogP contribution < -0.4 is 16.0 Å². The minimum absolute atomic E-state index is 0.112. The summed E-state index contributed by atoms with van der Waals surface area (Å²) in [5.74, 6) is -0.696. The molecule has 2 aliphatic rings. The van der Waals surface area contributed by atoms with Crippen LogP contribution in [-0.4, -0.2) is 17.1 Å². The third-order valence-corrected chi connectivity index (χ3v) is 8.72. The Bertz CT molecular complexity index is 1430. The number of fused-ring (bicyclic) bond motifs is 1. The van der Waals surface area contributed by atoms with Gasteiger partial charge in [-0.05, 0) is 84.6 Å². The van der Waals surface area contributed by atoms with Gasteiger partial charge in [-0.1, -0.05) is 48.9 Å². The zero-order valence-corrected chi connectivity index (χ0v) is 22.2. The molecule has 3 N–H and O–H groups in total. The molecule has 0 spiro atoms. The maximum Gasteiger partial charge on any atom is 0.255 e. The van der Waals surface area contributed by atoms with Crippen molar-refractivity contribution in [3.63, 3.8) is 0 Å². The minimum Gasteiger partial charge on any atom is -0.489 e. The summed E-state index contributed by atoms with van der Waals surface area (Å²) in [6, 6.07) is 13.4. The number of ether oxygens (including phenoxy) is 1. The van der Waals surface area contributed by atoms with Crippen LogP contribution in [0.3, 0.4) is 0 Å². The molecule has 7 heteroatoms. The van der Waals surface area contributed by atoms with E-state index in [1.807, 2.05) is 31.2 Å². The van der Waals surface area contributed by atoms with Gasteiger partial charge < -0.3 is 15.5 Å².